The minimum absolute atomic E-state index is 0.183. The Morgan fingerprint density at radius 2 is 2.21 bits per heavy atom. The van der Waals surface area contributed by atoms with E-state index >= 15 is 0 Å². The summed E-state index contributed by atoms with van der Waals surface area (Å²) in [7, 11) is 3.60. The molecule has 0 saturated heterocycles. The van der Waals surface area contributed by atoms with E-state index in [1.54, 1.807) is 19.2 Å². The lowest BCUT2D eigenvalue weighted by molar-refractivity contribution is 0.348. The highest BCUT2D eigenvalue weighted by molar-refractivity contribution is 5.37. The molecule has 2 rings (SSSR count). The van der Waals surface area contributed by atoms with Crippen LogP contribution in [0.15, 0.2) is 18.2 Å². The van der Waals surface area contributed by atoms with Crippen LogP contribution in [0.3, 0.4) is 0 Å². The molecule has 1 aliphatic rings. The van der Waals surface area contributed by atoms with Crippen LogP contribution in [0.4, 0.5) is 4.39 Å². The summed E-state index contributed by atoms with van der Waals surface area (Å²) in [6.07, 6.45) is 4.97. The van der Waals surface area contributed by atoms with Crippen molar-refractivity contribution in [3.63, 3.8) is 0 Å². The summed E-state index contributed by atoms with van der Waals surface area (Å²) in [6.45, 7) is 2.25. The molecule has 2 nitrogen and oxygen atoms in total. The fourth-order valence-corrected chi connectivity index (χ4v) is 3.38. The first-order valence-electron chi connectivity index (χ1n) is 7.20. The predicted molar refractivity (Wildman–Crippen MR) is 75.9 cm³/mol. The maximum Gasteiger partial charge on any atom is 0.123 e. The van der Waals surface area contributed by atoms with Gasteiger partial charge in [-0.1, -0.05) is 19.8 Å². The van der Waals surface area contributed by atoms with Crippen LogP contribution in [0, 0.1) is 17.7 Å². The second-order valence-electron chi connectivity index (χ2n) is 5.50. The SMILES string of the molecule is CCC1CCC(C(NC)c2cc(F)ccc2OC)C1. The van der Waals surface area contributed by atoms with E-state index in [2.05, 4.69) is 12.2 Å². The fourth-order valence-electron chi connectivity index (χ4n) is 3.38. The smallest absolute Gasteiger partial charge is 0.123 e. The van der Waals surface area contributed by atoms with Crippen molar-refractivity contribution in [2.45, 2.75) is 38.6 Å². The average Bonchev–Trinajstić information content (AvgIpc) is 2.89. The highest BCUT2D eigenvalue weighted by atomic mass is 19.1. The number of methoxy groups -OCH3 is 1. The van der Waals surface area contributed by atoms with Crippen molar-refractivity contribution in [3.05, 3.63) is 29.6 Å². The topological polar surface area (TPSA) is 21.3 Å². The predicted octanol–water partition coefficient (Wildman–Crippen LogP) is 3.92. The van der Waals surface area contributed by atoms with Crippen LogP contribution < -0.4 is 10.1 Å². The average molecular weight is 265 g/mol. The zero-order valence-corrected chi connectivity index (χ0v) is 12.1. The molecule has 106 valence electrons. The van der Waals surface area contributed by atoms with Crippen molar-refractivity contribution in [1.82, 2.24) is 5.32 Å². The lowest BCUT2D eigenvalue weighted by Gasteiger charge is -2.25. The molecule has 1 saturated carbocycles. The molecule has 1 aromatic carbocycles. The molecule has 19 heavy (non-hydrogen) atoms. The van der Waals surface area contributed by atoms with Crippen molar-refractivity contribution < 1.29 is 9.13 Å². The Bertz CT molecular complexity index is 421. The number of rotatable bonds is 5. The minimum Gasteiger partial charge on any atom is -0.496 e. The first kappa shape index (κ1) is 14.3. The van der Waals surface area contributed by atoms with Gasteiger partial charge in [0.25, 0.3) is 0 Å². The van der Waals surface area contributed by atoms with E-state index in [-0.39, 0.29) is 11.9 Å². The van der Waals surface area contributed by atoms with Crippen molar-refractivity contribution >= 4 is 0 Å². The molecule has 3 unspecified atom stereocenters. The summed E-state index contributed by atoms with van der Waals surface area (Å²) < 4.78 is 18.9. The third kappa shape index (κ3) is 3.08. The highest BCUT2D eigenvalue weighted by Gasteiger charge is 2.31. The summed E-state index contributed by atoms with van der Waals surface area (Å²) in [5.41, 5.74) is 0.951. The Kier molecular flexibility index (Phi) is 4.81. The number of halogens is 1. The van der Waals surface area contributed by atoms with Gasteiger partial charge >= 0.3 is 0 Å². The monoisotopic (exact) mass is 265 g/mol. The van der Waals surface area contributed by atoms with Gasteiger partial charge in [0.15, 0.2) is 0 Å². The van der Waals surface area contributed by atoms with Crippen LogP contribution in [-0.2, 0) is 0 Å². The van der Waals surface area contributed by atoms with Gasteiger partial charge in [0.2, 0.25) is 0 Å². The summed E-state index contributed by atoms with van der Waals surface area (Å²) >= 11 is 0. The molecule has 1 aromatic rings. The largest absolute Gasteiger partial charge is 0.496 e. The van der Waals surface area contributed by atoms with Gasteiger partial charge in [-0.15, -0.1) is 0 Å². The van der Waals surface area contributed by atoms with E-state index in [0.717, 1.165) is 17.2 Å². The van der Waals surface area contributed by atoms with Crippen LogP contribution in [0.25, 0.3) is 0 Å². The van der Waals surface area contributed by atoms with Crippen molar-refractivity contribution in [3.8, 4) is 5.75 Å². The second kappa shape index (κ2) is 6.38. The van der Waals surface area contributed by atoms with Gasteiger partial charge in [-0.3, -0.25) is 0 Å². The lowest BCUT2D eigenvalue weighted by atomic mass is 9.90. The highest BCUT2D eigenvalue weighted by Crippen LogP contribution is 2.42. The molecule has 0 radical (unpaired) electrons. The number of benzene rings is 1. The number of nitrogens with one attached hydrogen (secondary N) is 1. The number of hydrogen-bond donors (Lipinski definition) is 1. The van der Waals surface area contributed by atoms with E-state index in [1.807, 2.05) is 7.05 Å². The van der Waals surface area contributed by atoms with Gasteiger partial charge in [0, 0.05) is 11.6 Å². The van der Waals surface area contributed by atoms with Crippen molar-refractivity contribution in [1.29, 1.82) is 0 Å². The van der Waals surface area contributed by atoms with E-state index in [1.165, 1.54) is 31.7 Å². The number of hydrogen-bond acceptors (Lipinski definition) is 2. The van der Waals surface area contributed by atoms with Crippen molar-refractivity contribution in [2.75, 3.05) is 14.2 Å². The Morgan fingerprint density at radius 1 is 1.42 bits per heavy atom. The zero-order chi connectivity index (χ0) is 13.8. The quantitative estimate of drug-likeness (QED) is 0.871. The Balaban J connectivity index is 2.24. The second-order valence-corrected chi connectivity index (χ2v) is 5.50. The molecule has 3 heteroatoms. The molecule has 0 bridgehead atoms. The summed E-state index contributed by atoms with van der Waals surface area (Å²) in [5, 5.41) is 3.36. The standard InChI is InChI=1S/C16H24FNO/c1-4-11-5-6-12(9-11)16(18-2)14-10-13(17)7-8-15(14)19-3/h7-8,10-12,16,18H,4-6,9H2,1-3H3. The van der Waals surface area contributed by atoms with Crippen LogP contribution in [0.2, 0.25) is 0 Å². The first-order chi connectivity index (χ1) is 9.19. The molecule has 1 fully saturated rings. The van der Waals surface area contributed by atoms with E-state index < -0.39 is 0 Å². The van der Waals surface area contributed by atoms with Gasteiger partial charge in [-0.05, 0) is 49.9 Å². The van der Waals surface area contributed by atoms with Gasteiger partial charge in [-0.25, -0.2) is 4.39 Å². The van der Waals surface area contributed by atoms with Crippen molar-refractivity contribution in [2.24, 2.45) is 11.8 Å². The molecule has 0 aromatic heterocycles. The lowest BCUT2D eigenvalue weighted by Crippen LogP contribution is -2.24. The maximum atomic E-state index is 13.5. The van der Waals surface area contributed by atoms with Crippen LogP contribution in [0.1, 0.15) is 44.2 Å². The fraction of sp³-hybridized carbons (Fsp3) is 0.625. The normalized spacial score (nSPS) is 24.4. The zero-order valence-electron chi connectivity index (χ0n) is 12.1. The van der Waals surface area contributed by atoms with Gasteiger partial charge < -0.3 is 10.1 Å². The van der Waals surface area contributed by atoms with Gasteiger partial charge in [0.05, 0.1) is 7.11 Å². The Morgan fingerprint density at radius 3 is 2.79 bits per heavy atom. The van der Waals surface area contributed by atoms with Crippen LogP contribution in [-0.4, -0.2) is 14.2 Å². The van der Waals surface area contributed by atoms with Crippen LogP contribution in [0.5, 0.6) is 5.75 Å². The Labute approximate surface area is 115 Å². The molecule has 0 spiro atoms. The molecule has 0 heterocycles. The van der Waals surface area contributed by atoms with E-state index in [4.69, 9.17) is 4.74 Å². The molecular weight excluding hydrogens is 241 g/mol. The maximum absolute atomic E-state index is 13.5. The Hall–Kier alpha value is -1.09. The molecule has 3 atom stereocenters. The molecule has 0 aliphatic heterocycles. The van der Waals surface area contributed by atoms with E-state index in [0.29, 0.717) is 5.92 Å². The van der Waals surface area contributed by atoms with Crippen LogP contribution >= 0.6 is 0 Å². The van der Waals surface area contributed by atoms with Gasteiger partial charge in [0.1, 0.15) is 11.6 Å². The molecule has 1 N–H and O–H groups in total. The van der Waals surface area contributed by atoms with Gasteiger partial charge in [-0.2, -0.15) is 0 Å². The summed E-state index contributed by atoms with van der Waals surface area (Å²) in [4.78, 5) is 0. The third-order valence-corrected chi connectivity index (χ3v) is 4.47. The number of ether oxygens (including phenoxy) is 1. The third-order valence-electron chi connectivity index (χ3n) is 4.47. The van der Waals surface area contributed by atoms with E-state index in [9.17, 15) is 4.39 Å². The summed E-state index contributed by atoms with van der Waals surface area (Å²) in [5.74, 6) is 1.98. The minimum atomic E-state index is -0.193. The molecule has 0 amide bonds. The molecular formula is C16H24FNO. The summed E-state index contributed by atoms with van der Waals surface area (Å²) in [6, 6.07) is 4.97. The first-order valence-corrected chi connectivity index (χ1v) is 7.20. The molecule has 1 aliphatic carbocycles.